The maximum atomic E-state index is 11.7. The predicted octanol–water partition coefficient (Wildman–Crippen LogP) is 2.91. The Morgan fingerprint density at radius 2 is 1.87 bits per heavy atom. The van der Waals surface area contributed by atoms with Crippen LogP contribution in [-0.4, -0.2) is 100 Å². The molecule has 0 aromatic carbocycles. The zero-order valence-electron chi connectivity index (χ0n) is 22.6. The molecule has 11 nitrogen and oxygen atoms in total. The number of hydrogen-bond donors (Lipinski definition) is 2. The summed E-state index contributed by atoms with van der Waals surface area (Å²) < 4.78 is 7.40. The van der Waals surface area contributed by atoms with E-state index in [2.05, 4.69) is 38.1 Å². The van der Waals surface area contributed by atoms with Crippen LogP contribution in [0.2, 0.25) is 0 Å². The van der Waals surface area contributed by atoms with E-state index in [1.165, 1.54) is 0 Å². The average molecular weight is 533 g/mol. The number of aromatic nitrogens is 3. The van der Waals surface area contributed by atoms with Crippen molar-refractivity contribution < 1.29 is 14.6 Å². The molecule has 5 rings (SSSR count). The Bertz CT molecular complexity index is 1330. The van der Waals surface area contributed by atoms with Gasteiger partial charge in [0.05, 0.1) is 35.6 Å². The Labute approximate surface area is 228 Å². The van der Waals surface area contributed by atoms with E-state index in [1.54, 1.807) is 16.9 Å². The van der Waals surface area contributed by atoms with Gasteiger partial charge < -0.3 is 25.0 Å². The number of pyridine rings is 2. The van der Waals surface area contributed by atoms with Crippen molar-refractivity contribution in [2.75, 3.05) is 63.9 Å². The Morgan fingerprint density at radius 1 is 1.13 bits per heavy atom. The molecule has 0 saturated carbocycles. The molecule has 3 aromatic heterocycles. The fourth-order valence-electron chi connectivity index (χ4n) is 5.78. The molecule has 3 aromatic rings. The number of piperazine rings is 1. The second-order valence-electron chi connectivity index (χ2n) is 10.3. The number of ether oxygens (including phenoxy) is 1. The molecule has 2 N–H and O–H groups in total. The summed E-state index contributed by atoms with van der Waals surface area (Å²) in [6.45, 7) is 11.8. The zero-order valence-corrected chi connectivity index (χ0v) is 22.6. The smallest absolute Gasteiger partial charge is 0.405 e. The number of nitrogens with zero attached hydrogens (tertiary/aromatic N) is 7. The lowest BCUT2D eigenvalue weighted by molar-refractivity contribution is 0.0899. The highest BCUT2D eigenvalue weighted by Gasteiger charge is 2.38. The van der Waals surface area contributed by atoms with Crippen molar-refractivity contribution in [2.24, 2.45) is 0 Å². The number of hydrogen-bond acceptors (Lipinski definition) is 8. The van der Waals surface area contributed by atoms with Gasteiger partial charge in [0.25, 0.3) is 0 Å². The van der Waals surface area contributed by atoms with Crippen LogP contribution in [0.3, 0.4) is 0 Å². The van der Waals surface area contributed by atoms with E-state index in [4.69, 9.17) is 9.72 Å². The van der Waals surface area contributed by atoms with Crippen LogP contribution in [0.15, 0.2) is 36.8 Å². The van der Waals surface area contributed by atoms with Gasteiger partial charge in [-0.15, -0.1) is 0 Å². The van der Waals surface area contributed by atoms with Gasteiger partial charge in [-0.05, 0) is 44.5 Å². The third-order valence-electron chi connectivity index (χ3n) is 7.93. The summed E-state index contributed by atoms with van der Waals surface area (Å²) in [4.78, 5) is 23.5. The number of fused-ring (bicyclic) bond motifs is 1. The van der Waals surface area contributed by atoms with E-state index in [1.807, 2.05) is 31.3 Å². The van der Waals surface area contributed by atoms with Gasteiger partial charge in [0.15, 0.2) is 0 Å². The number of nitrogens with one attached hydrogen (secondary N) is 1. The molecule has 0 atom stereocenters. The quantitative estimate of drug-likeness (QED) is 0.451. The lowest BCUT2D eigenvalue weighted by Gasteiger charge is -2.46. The number of likely N-dealkylation sites (N-methyl/N-ethyl adjacent to an activating group) is 1. The minimum absolute atomic E-state index is 0.461. The third-order valence-corrected chi connectivity index (χ3v) is 7.93. The fourth-order valence-corrected chi connectivity index (χ4v) is 5.78. The van der Waals surface area contributed by atoms with Gasteiger partial charge in [0, 0.05) is 63.1 Å². The van der Waals surface area contributed by atoms with Crippen LogP contribution in [0.5, 0.6) is 5.75 Å². The first-order chi connectivity index (χ1) is 18.9. The average Bonchev–Trinajstić information content (AvgIpc) is 3.36. The molecule has 0 radical (unpaired) electrons. The summed E-state index contributed by atoms with van der Waals surface area (Å²) >= 11 is 0. The first kappa shape index (κ1) is 26.7. The number of nitriles is 1. The van der Waals surface area contributed by atoms with Crippen LogP contribution in [0, 0.1) is 11.3 Å². The fraction of sp³-hybridized carbons (Fsp3) is 0.500. The molecule has 5 heterocycles. The molecule has 2 aliphatic heterocycles. The second-order valence-corrected chi connectivity index (χ2v) is 10.3. The maximum absolute atomic E-state index is 11.7. The number of rotatable bonds is 8. The normalized spacial score (nSPS) is 18.1. The highest BCUT2D eigenvalue weighted by Crippen LogP contribution is 2.32. The molecule has 206 valence electrons. The third kappa shape index (κ3) is 5.77. The molecule has 2 aliphatic rings. The van der Waals surface area contributed by atoms with Gasteiger partial charge in [-0.1, -0.05) is 6.92 Å². The van der Waals surface area contributed by atoms with Crippen LogP contribution < -0.4 is 15.0 Å². The minimum Gasteiger partial charge on any atom is -0.492 e. The Balaban J connectivity index is 1.31. The lowest BCUT2D eigenvalue weighted by atomic mass is 9.86. The monoisotopic (exact) mass is 532 g/mol. The highest BCUT2D eigenvalue weighted by molar-refractivity contribution is 5.85. The van der Waals surface area contributed by atoms with Gasteiger partial charge in [0.1, 0.15) is 17.6 Å². The van der Waals surface area contributed by atoms with Crippen LogP contribution in [-0.2, 0) is 0 Å². The highest BCUT2D eigenvalue weighted by atomic mass is 16.5. The van der Waals surface area contributed by atoms with Gasteiger partial charge >= 0.3 is 6.09 Å². The van der Waals surface area contributed by atoms with Crippen LogP contribution in [0.4, 0.5) is 10.6 Å². The molecule has 11 heteroatoms. The van der Waals surface area contributed by atoms with Crippen molar-refractivity contribution in [3.8, 4) is 22.9 Å². The Kier molecular flexibility index (Phi) is 7.86. The summed E-state index contributed by atoms with van der Waals surface area (Å²) in [5, 5.41) is 26.4. The van der Waals surface area contributed by atoms with Gasteiger partial charge in [-0.25, -0.2) is 14.3 Å². The van der Waals surface area contributed by atoms with E-state index < -0.39 is 11.6 Å². The molecule has 0 unspecified atom stereocenters. The first-order valence-electron chi connectivity index (χ1n) is 13.6. The summed E-state index contributed by atoms with van der Waals surface area (Å²) in [7, 11) is 0. The molecular formula is C28H36N8O3. The molecule has 2 fully saturated rings. The molecule has 39 heavy (non-hydrogen) atoms. The van der Waals surface area contributed by atoms with Gasteiger partial charge in [0.2, 0.25) is 0 Å². The zero-order chi connectivity index (χ0) is 27.4. The largest absolute Gasteiger partial charge is 0.492 e. The summed E-state index contributed by atoms with van der Waals surface area (Å²) in [6, 6.07) is 8.14. The number of carboxylic acid groups (broad SMARTS) is 1. The number of piperidine rings is 1. The van der Waals surface area contributed by atoms with Gasteiger partial charge in [-0.3, -0.25) is 4.90 Å². The van der Waals surface area contributed by atoms with E-state index >= 15 is 0 Å². The second kappa shape index (κ2) is 11.5. The van der Waals surface area contributed by atoms with E-state index in [9.17, 15) is 15.2 Å². The number of carbonyl (C=O) groups is 1. The van der Waals surface area contributed by atoms with E-state index in [-0.39, 0.29) is 0 Å². The number of amides is 1. The van der Waals surface area contributed by atoms with Crippen molar-refractivity contribution in [2.45, 2.75) is 32.2 Å². The standard InChI is InChI=1S/C28H36N8O3/c1-3-33-11-13-34(14-12-33)20-28(32-27(37)38)7-9-35(10-8-28)25-6-5-21(17-30-25)24-15-23(39-4-2)19-36-26(24)22(16-29)18-31-36/h5-6,15,17-19,32H,3-4,7-14,20H2,1-2H3,(H,37,38). The van der Waals surface area contributed by atoms with Crippen molar-refractivity contribution in [1.29, 1.82) is 5.26 Å². The first-order valence-corrected chi connectivity index (χ1v) is 13.6. The molecular weight excluding hydrogens is 496 g/mol. The molecule has 0 bridgehead atoms. The molecule has 0 spiro atoms. The van der Waals surface area contributed by atoms with Crippen LogP contribution in [0.1, 0.15) is 32.3 Å². The van der Waals surface area contributed by atoms with Crippen LogP contribution >= 0.6 is 0 Å². The predicted molar refractivity (Wildman–Crippen MR) is 148 cm³/mol. The van der Waals surface area contributed by atoms with Crippen molar-refractivity contribution in [1.82, 2.24) is 29.7 Å². The van der Waals surface area contributed by atoms with Crippen LogP contribution in [0.25, 0.3) is 16.6 Å². The van der Waals surface area contributed by atoms with Crippen molar-refractivity contribution in [3.63, 3.8) is 0 Å². The summed E-state index contributed by atoms with van der Waals surface area (Å²) in [6.07, 6.45) is 5.63. The van der Waals surface area contributed by atoms with E-state index in [0.717, 1.165) is 74.6 Å². The Hall–Kier alpha value is -3.88. The van der Waals surface area contributed by atoms with Crippen molar-refractivity contribution in [3.05, 3.63) is 42.4 Å². The Morgan fingerprint density at radius 3 is 2.49 bits per heavy atom. The molecule has 2 saturated heterocycles. The minimum atomic E-state index is -0.963. The topological polar surface area (TPSA) is 122 Å². The summed E-state index contributed by atoms with van der Waals surface area (Å²) in [5.41, 5.74) is 2.45. The lowest BCUT2D eigenvalue weighted by Crippen LogP contribution is -2.62. The molecule has 1 amide bonds. The van der Waals surface area contributed by atoms with E-state index in [0.29, 0.717) is 31.0 Å². The summed E-state index contributed by atoms with van der Waals surface area (Å²) in [5.74, 6) is 1.52. The number of anilines is 1. The maximum Gasteiger partial charge on any atom is 0.405 e. The molecule has 0 aliphatic carbocycles. The van der Waals surface area contributed by atoms with Gasteiger partial charge in [-0.2, -0.15) is 10.4 Å². The SMILES string of the molecule is CCOc1cc(-c2ccc(N3CCC(CN4CCN(CC)CC4)(NC(=O)O)CC3)nc2)c2c(C#N)cnn2c1. The van der Waals surface area contributed by atoms with Crippen molar-refractivity contribution >= 4 is 17.4 Å².